The van der Waals surface area contributed by atoms with E-state index in [2.05, 4.69) is 39.8 Å². The highest BCUT2D eigenvalue weighted by molar-refractivity contribution is 6.00. The second-order valence-corrected chi connectivity index (χ2v) is 13.0. The molecule has 0 N–H and O–H groups in total. The molecule has 4 saturated carbocycles. The van der Waals surface area contributed by atoms with E-state index in [4.69, 9.17) is 0 Å². The molecule has 32 heavy (non-hydrogen) atoms. The van der Waals surface area contributed by atoms with Gasteiger partial charge in [-0.2, -0.15) is 10.5 Å². The van der Waals surface area contributed by atoms with Gasteiger partial charge in [0.15, 0.2) is 5.78 Å². The summed E-state index contributed by atoms with van der Waals surface area (Å²) in [4.78, 5) is 26.4. The topological polar surface area (TPSA) is 81.7 Å². The van der Waals surface area contributed by atoms with Crippen molar-refractivity contribution in [1.29, 1.82) is 10.5 Å². The summed E-state index contributed by atoms with van der Waals surface area (Å²) in [7, 11) is 0. The summed E-state index contributed by atoms with van der Waals surface area (Å²) in [6, 6.07) is 4.87. The second kappa shape index (κ2) is 6.79. The number of ketones is 2. The third kappa shape index (κ3) is 2.77. The van der Waals surface area contributed by atoms with Crippen LogP contribution in [0.3, 0.4) is 0 Å². The molecule has 8 unspecified atom stereocenters. The molecule has 5 rings (SSSR count). The lowest BCUT2D eigenvalue weighted by Gasteiger charge is -2.66. The van der Waals surface area contributed by atoms with E-state index in [0.717, 1.165) is 44.9 Å². The molecule has 170 valence electrons. The average molecular weight is 433 g/mol. The second-order valence-electron chi connectivity index (χ2n) is 13.0. The Balaban J connectivity index is 1.57. The van der Waals surface area contributed by atoms with Crippen LogP contribution in [0.1, 0.15) is 85.5 Å². The smallest absolute Gasteiger partial charge is 0.173 e. The van der Waals surface area contributed by atoms with E-state index in [-0.39, 0.29) is 51.1 Å². The molecule has 0 aliphatic heterocycles. The highest BCUT2D eigenvalue weighted by atomic mass is 16.1. The van der Waals surface area contributed by atoms with Gasteiger partial charge in [0.2, 0.25) is 0 Å². The predicted molar refractivity (Wildman–Crippen MR) is 121 cm³/mol. The summed E-state index contributed by atoms with van der Waals surface area (Å²) in [6.45, 7) is 9.21. The summed E-state index contributed by atoms with van der Waals surface area (Å²) >= 11 is 0. The first kappa shape index (κ1) is 21.9. The minimum Gasteiger partial charge on any atom is -0.299 e. The highest BCUT2D eigenvalue weighted by Gasteiger charge is 2.66. The van der Waals surface area contributed by atoms with Crippen molar-refractivity contribution in [2.75, 3.05) is 0 Å². The van der Waals surface area contributed by atoms with Crippen molar-refractivity contribution < 1.29 is 9.59 Å². The lowest BCUT2D eigenvalue weighted by molar-refractivity contribution is -0.177. The number of carbonyl (C=O) groups excluding carboxylic acids is 2. The summed E-state index contributed by atoms with van der Waals surface area (Å²) in [5.74, 6) is 1.20. The Morgan fingerprint density at radius 3 is 2.38 bits per heavy atom. The maximum absolute atomic E-state index is 13.9. The van der Waals surface area contributed by atoms with Gasteiger partial charge in [0.25, 0.3) is 0 Å². The first-order valence-corrected chi connectivity index (χ1v) is 12.6. The van der Waals surface area contributed by atoms with Crippen LogP contribution in [0, 0.1) is 73.9 Å². The molecule has 5 aliphatic carbocycles. The monoisotopic (exact) mass is 432 g/mol. The largest absolute Gasteiger partial charge is 0.299 e. The van der Waals surface area contributed by atoms with Gasteiger partial charge in [-0.1, -0.05) is 33.8 Å². The number of rotatable bonds is 0. The minimum atomic E-state index is -0.332. The van der Waals surface area contributed by atoms with Crippen LogP contribution in [0.5, 0.6) is 0 Å². The van der Waals surface area contributed by atoms with Gasteiger partial charge in [-0.15, -0.1) is 0 Å². The Labute approximate surface area is 192 Å². The lowest BCUT2D eigenvalue weighted by Crippen LogP contribution is -2.63. The van der Waals surface area contributed by atoms with Crippen LogP contribution in [0.25, 0.3) is 0 Å². The molecule has 0 radical (unpaired) electrons. The lowest BCUT2D eigenvalue weighted by atomic mass is 9.37. The third-order valence-electron chi connectivity index (χ3n) is 11.1. The zero-order valence-electron chi connectivity index (χ0n) is 20.0. The van der Waals surface area contributed by atoms with Crippen molar-refractivity contribution >= 4 is 11.6 Å². The normalized spacial score (nSPS) is 49.3. The third-order valence-corrected chi connectivity index (χ3v) is 11.1. The van der Waals surface area contributed by atoms with E-state index in [1.165, 1.54) is 0 Å². The molecule has 0 bridgehead atoms. The Hall–Kier alpha value is -1.94. The number of nitriles is 2. The molecule has 0 heterocycles. The summed E-state index contributed by atoms with van der Waals surface area (Å²) in [5, 5.41) is 19.8. The predicted octanol–water partition coefficient (Wildman–Crippen LogP) is 5.78. The van der Waals surface area contributed by atoms with Crippen molar-refractivity contribution in [2.45, 2.75) is 85.5 Å². The van der Waals surface area contributed by atoms with Crippen LogP contribution in [-0.4, -0.2) is 11.6 Å². The number of allylic oxidation sites excluding steroid dienone is 2. The van der Waals surface area contributed by atoms with Crippen molar-refractivity contribution in [3.63, 3.8) is 0 Å². The van der Waals surface area contributed by atoms with E-state index >= 15 is 0 Å². The van der Waals surface area contributed by atoms with Crippen molar-refractivity contribution in [2.24, 2.45) is 51.2 Å². The van der Waals surface area contributed by atoms with Crippen LogP contribution in [0.2, 0.25) is 0 Å². The number of carbonyl (C=O) groups is 2. The van der Waals surface area contributed by atoms with Gasteiger partial charge >= 0.3 is 0 Å². The van der Waals surface area contributed by atoms with Crippen LogP contribution in [0.4, 0.5) is 0 Å². The molecule has 0 spiro atoms. The summed E-state index contributed by atoms with van der Waals surface area (Å²) in [6.07, 6.45) is 9.80. The van der Waals surface area contributed by atoms with Gasteiger partial charge < -0.3 is 0 Å². The fourth-order valence-electron chi connectivity index (χ4n) is 9.24. The molecule has 0 amide bonds. The van der Waals surface area contributed by atoms with E-state index in [1.54, 1.807) is 0 Å². The van der Waals surface area contributed by atoms with Crippen LogP contribution >= 0.6 is 0 Å². The van der Waals surface area contributed by atoms with Gasteiger partial charge in [0.1, 0.15) is 11.9 Å². The van der Waals surface area contributed by atoms with Gasteiger partial charge in [0.05, 0.1) is 17.1 Å². The minimum absolute atomic E-state index is 0.00554. The number of hydrogen-bond donors (Lipinski definition) is 0. The van der Waals surface area contributed by atoms with Crippen molar-refractivity contribution in [3.05, 3.63) is 11.6 Å². The SMILES string of the molecule is CC1(C)CCC2(C#N)CCC3C(C(=O)CC4C5(C)C=C(C#N)C(=O)CC5CCC34C)C2C1. The summed E-state index contributed by atoms with van der Waals surface area (Å²) < 4.78 is 0. The first-order valence-electron chi connectivity index (χ1n) is 12.6. The number of nitrogens with zero attached hydrogens (tertiary/aromatic N) is 2. The molecule has 5 aliphatic rings. The average Bonchev–Trinajstić information content (AvgIpc) is 2.75. The van der Waals surface area contributed by atoms with Gasteiger partial charge in [0, 0.05) is 18.8 Å². The summed E-state index contributed by atoms with van der Waals surface area (Å²) in [5.41, 5.74) is -0.110. The molecular weight excluding hydrogens is 396 g/mol. The molecular formula is C28H36N2O2. The molecule has 8 atom stereocenters. The number of hydrogen-bond acceptors (Lipinski definition) is 4. The number of Topliss-reactive ketones (excluding diaryl/α,β-unsaturated/α-hetero) is 2. The Kier molecular flexibility index (Phi) is 4.64. The van der Waals surface area contributed by atoms with Crippen LogP contribution in [-0.2, 0) is 9.59 Å². The fraction of sp³-hybridized carbons (Fsp3) is 0.786. The maximum Gasteiger partial charge on any atom is 0.173 e. The van der Waals surface area contributed by atoms with Crippen molar-refractivity contribution in [1.82, 2.24) is 0 Å². The van der Waals surface area contributed by atoms with Gasteiger partial charge in [-0.05, 0) is 84.9 Å². The Bertz CT molecular complexity index is 996. The van der Waals surface area contributed by atoms with E-state index < -0.39 is 0 Å². The standard InChI is InChI=1S/C28H36N2O2/c1-25(2)9-10-28(16-30)8-6-19-24(20(28)14-25)22(32)12-23-26(19,3)7-5-18-11-21(31)17(15-29)13-27(18,23)4/h13,18-20,23-24H,5-12,14H2,1-4H3. The molecule has 4 nitrogen and oxygen atoms in total. The fourth-order valence-corrected chi connectivity index (χ4v) is 9.24. The Morgan fingerprint density at radius 1 is 0.938 bits per heavy atom. The Morgan fingerprint density at radius 2 is 1.69 bits per heavy atom. The van der Waals surface area contributed by atoms with E-state index in [0.29, 0.717) is 30.1 Å². The first-order chi connectivity index (χ1) is 15.0. The number of fused-ring (bicyclic) bond motifs is 7. The van der Waals surface area contributed by atoms with E-state index in [9.17, 15) is 20.1 Å². The van der Waals surface area contributed by atoms with Crippen LogP contribution < -0.4 is 0 Å². The molecule has 4 fully saturated rings. The van der Waals surface area contributed by atoms with Gasteiger partial charge in [-0.3, -0.25) is 9.59 Å². The zero-order chi connectivity index (χ0) is 23.1. The molecule has 4 heteroatoms. The molecule has 0 aromatic rings. The zero-order valence-corrected chi connectivity index (χ0v) is 20.0. The molecule has 0 aromatic carbocycles. The quantitative estimate of drug-likeness (QED) is 0.485. The van der Waals surface area contributed by atoms with Crippen molar-refractivity contribution in [3.8, 4) is 12.1 Å². The maximum atomic E-state index is 13.9. The molecule has 0 saturated heterocycles. The molecule has 0 aromatic heterocycles. The van der Waals surface area contributed by atoms with E-state index in [1.807, 2.05) is 6.08 Å². The van der Waals surface area contributed by atoms with Crippen LogP contribution in [0.15, 0.2) is 11.6 Å². The van der Waals surface area contributed by atoms with Gasteiger partial charge in [-0.25, -0.2) is 0 Å². The highest BCUT2D eigenvalue weighted by Crippen LogP contribution is 2.70.